The Labute approximate surface area is 199 Å². The van der Waals surface area contributed by atoms with Gasteiger partial charge in [-0.05, 0) is 55.2 Å². The van der Waals surface area contributed by atoms with Crippen molar-refractivity contribution in [3.8, 4) is 0 Å². The molecule has 0 bridgehead atoms. The summed E-state index contributed by atoms with van der Waals surface area (Å²) in [4.78, 5) is 25.9. The predicted molar refractivity (Wildman–Crippen MR) is 130 cm³/mol. The first kappa shape index (κ1) is 25.2. The molecule has 178 valence electrons. The smallest absolute Gasteiger partial charge is 0.251 e. The van der Waals surface area contributed by atoms with E-state index in [0.29, 0.717) is 31.1 Å². The number of aryl methyl sites for hydroxylation is 1. The molecule has 1 atom stereocenters. The SMILES string of the molecule is CSCC[C@@H](NC(=O)c1cccc(S(=O)(=O)N2CCOCC2)c1)C(=O)Nc1ccccc1C. The van der Waals surface area contributed by atoms with Crippen LogP contribution in [0.2, 0.25) is 0 Å². The number of ether oxygens (including phenoxy) is 1. The zero-order chi connectivity index (χ0) is 23.8. The van der Waals surface area contributed by atoms with Gasteiger partial charge in [-0.25, -0.2) is 8.42 Å². The number of amides is 2. The molecule has 33 heavy (non-hydrogen) atoms. The maximum Gasteiger partial charge on any atom is 0.251 e. The number of carbonyl (C=O) groups excluding carboxylic acids is 2. The molecule has 8 nitrogen and oxygen atoms in total. The minimum atomic E-state index is -3.73. The lowest BCUT2D eigenvalue weighted by atomic mass is 10.1. The summed E-state index contributed by atoms with van der Waals surface area (Å²) in [6.45, 7) is 3.12. The Morgan fingerprint density at radius 1 is 1.12 bits per heavy atom. The Bertz CT molecular complexity index is 1090. The van der Waals surface area contributed by atoms with Crippen LogP contribution in [0.15, 0.2) is 53.4 Å². The van der Waals surface area contributed by atoms with E-state index in [-0.39, 0.29) is 29.5 Å². The molecule has 2 amide bonds. The molecule has 0 saturated carbocycles. The molecule has 3 rings (SSSR count). The number of hydrogen-bond donors (Lipinski definition) is 2. The van der Waals surface area contributed by atoms with E-state index >= 15 is 0 Å². The first-order valence-corrected chi connectivity index (χ1v) is 13.5. The number of benzene rings is 2. The minimum Gasteiger partial charge on any atom is -0.379 e. The fraction of sp³-hybridized carbons (Fsp3) is 0.391. The van der Waals surface area contributed by atoms with E-state index in [1.807, 2.05) is 31.4 Å². The van der Waals surface area contributed by atoms with Crippen LogP contribution < -0.4 is 10.6 Å². The highest BCUT2D eigenvalue weighted by molar-refractivity contribution is 7.98. The molecule has 0 spiro atoms. The highest BCUT2D eigenvalue weighted by Crippen LogP contribution is 2.19. The van der Waals surface area contributed by atoms with Crippen molar-refractivity contribution in [3.63, 3.8) is 0 Å². The van der Waals surface area contributed by atoms with Crippen LogP contribution in [0.4, 0.5) is 5.69 Å². The first-order valence-electron chi connectivity index (χ1n) is 10.7. The van der Waals surface area contributed by atoms with Gasteiger partial charge in [0.05, 0.1) is 18.1 Å². The lowest BCUT2D eigenvalue weighted by Crippen LogP contribution is -2.44. The third kappa shape index (κ3) is 6.57. The molecular formula is C23H29N3O5S2. The molecule has 2 aromatic carbocycles. The van der Waals surface area contributed by atoms with Crippen molar-refractivity contribution < 1.29 is 22.7 Å². The molecule has 0 unspecified atom stereocenters. The normalized spacial score (nSPS) is 15.6. The van der Waals surface area contributed by atoms with Crippen molar-refractivity contribution in [1.82, 2.24) is 9.62 Å². The molecule has 0 aliphatic carbocycles. The molecule has 1 aliphatic rings. The number of carbonyl (C=O) groups is 2. The Kier molecular flexibility index (Phi) is 8.90. The molecule has 1 aliphatic heterocycles. The van der Waals surface area contributed by atoms with E-state index in [1.165, 1.54) is 22.5 Å². The van der Waals surface area contributed by atoms with E-state index in [0.717, 1.165) is 5.56 Å². The average molecular weight is 492 g/mol. The summed E-state index contributed by atoms with van der Waals surface area (Å²) in [7, 11) is -3.73. The van der Waals surface area contributed by atoms with Crippen LogP contribution in [0.1, 0.15) is 22.3 Å². The van der Waals surface area contributed by atoms with Crippen LogP contribution in [-0.2, 0) is 19.6 Å². The fourth-order valence-electron chi connectivity index (χ4n) is 3.41. The third-order valence-electron chi connectivity index (χ3n) is 5.34. The van der Waals surface area contributed by atoms with E-state index in [9.17, 15) is 18.0 Å². The van der Waals surface area contributed by atoms with Gasteiger partial charge < -0.3 is 15.4 Å². The van der Waals surface area contributed by atoms with E-state index in [2.05, 4.69) is 10.6 Å². The van der Waals surface area contributed by atoms with Crippen molar-refractivity contribution in [3.05, 3.63) is 59.7 Å². The topological polar surface area (TPSA) is 105 Å². The molecule has 2 aromatic rings. The van der Waals surface area contributed by atoms with Gasteiger partial charge in [-0.3, -0.25) is 9.59 Å². The van der Waals surface area contributed by atoms with Crippen LogP contribution in [0.25, 0.3) is 0 Å². The molecular weight excluding hydrogens is 462 g/mol. The highest BCUT2D eigenvalue weighted by atomic mass is 32.2. The van der Waals surface area contributed by atoms with Crippen LogP contribution >= 0.6 is 11.8 Å². The van der Waals surface area contributed by atoms with Gasteiger partial charge in [0.25, 0.3) is 5.91 Å². The largest absolute Gasteiger partial charge is 0.379 e. The Morgan fingerprint density at radius 2 is 1.85 bits per heavy atom. The maximum absolute atomic E-state index is 13.0. The zero-order valence-corrected chi connectivity index (χ0v) is 20.4. The number of sulfonamides is 1. The van der Waals surface area contributed by atoms with Gasteiger partial charge in [0.2, 0.25) is 15.9 Å². The van der Waals surface area contributed by atoms with Crippen molar-refractivity contribution in [2.75, 3.05) is 43.6 Å². The molecule has 10 heteroatoms. The van der Waals surface area contributed by atoms with Gasteiger partial charge in [0.1, 0.15) is 6.04 Å². The first-order chi connectivity index (χ1) is 15.8. The van der Waals surface area contributed by atoms with Crippen LogP contribution in [0.3, 0.4) is 0 Å². The number of hydrogen-bond acceptors (Lipinski definition) is 6. The molecule has 0 radical (unpaired) electrons. The lowest BCUT2D eigenvalue weighted by Gasteiger charge is -2.26. The summed E-state index contributed by atoms with van der Waals surface area (Å²) in [5.41, 5.74) is 1.79. The number of nitrogens with one attached hydrogen (secondary N) is 2. The summed E-state index contributed by atoms with van der Waals surface area (Å²) in [6, 6.07) is 12.6. The fourth-order valence-corrected chi connectivity index (χ4v) is 5.34. The molecule has 0 aromatic heterocycles. The van der Waals surface area contributed by atoms with Gasteiger partial charge >= 0.3 is 0 Å². The van der Waals surface area contributed by atoms with Crippen molar-refractivity contribution in [2.24, 2.45) is 0 Å². The van der Waals surface area contributed by atoms with E-state index in [4.69, 9.17) is 4.74 Å². The molecule has 1 heterocycles. The van der Waals surface area contributed by atoms with Crippen LogP contribution in [-0.4, -0.2) is 68.9 Å². The second-order valence-electron chi connectivity index (χ2n) is 7.66. The zero-order valence-electron chi connectivity index (χ0n) is 18.7. The number of anilines is 1. The van der Waals surface area contributed by atoms with Gasteiger partial charge in [-0.2, -0.15) is 16.1 Å². The summed E-state index contributed by atoms with van der Waals surface area (Å²) >= 11 is 1.57. The number of rotatable bonds is 9. The van der Waals surface area contributed by atoms with E-state index in [1.54, 1.807) is 23.9 Å². The summed E-state index contributed by atoms with van der Waals surface area (Å²) < 4.78 is 32.5. The standard InChI is InChI=1S/C23H29N3O5S2/c1-17-6-3-4-9-20(17)24-23(28)21(10-15-32-2)25-22(27)18-7-5-8-19(16-18)33(29,30)26-11-13-31-14-12-26/h3-9,16,21H,10-15H2,1-2H3,(H,24,28)(H,25,27)/t21-/m1/s1. The predicted octanol–water partition coefficient (Wildman–Crippen LogP) is 2.51. The summed E-state index contributed by atoms with van der Waals surface area (Å²) in [5.74, 6) is -0.138. The Morgan fingerprint density at radius 3 is 2.55 bits per heavy atom. The number of morpholine rings is 1. The second kappa shape index (κ2) is 11.6. The Balaban J connectivity index is 1.76. The van der Waals surface area contributed by atoms with Gasteiger partial charge in [0, 0.05) is 24.3 Å². The Hall–Kier alpha value is -2.40. The van der Waals surface area contributed by atoms with Gasteiger partial charge in [0.15, 0.2) is 0 Å². The van der Waals surface area contributed by atoms with Gasteiger partial charge in [-0.1, -0.05) is 24.3 Å². The number of para-hydroxylation sites is 1. The lowest BCUT2D eigenvalue weighted by molar-refractivity contribution is -0.118. The average Bonchev–Trinajstić information content (AvgIpc) is 2.83. The highest BCUT2D eigenvalue weighted by Gasteiger charge is 2.27. The quantitative estimate of drug-likeness (QED) is 0.559. The van der Waals surface area contributed by atoms with Gasteiger partial charge in [-0.15, -0.1) is 0 Å². The van der Waals surface area contributed by atoms with Crippen molar-refractivity contribution >= 4 is 39.3 Å². The van der Waals surface area contributed by atoms with Crippen LogP contribution in [0.5, 0.6) is 0 Å². The van der Waals surface area contributed by atoms with Crippen LogP contribution in [0, 0.1) is 6.92 Å². The maximum atomic E-state index is 13.0. The van der Waals surface area contributed by atoms with Crippen molar-refractivity contribution in [1.29, 1.82) is 0 Å². The van der Waals surface area contributed by atoms with Crippen molar-refractivity contribution in [2.45, 2.75) is 24.3 Å². The number of thioether (sulfide) groups is 1. The molecule has 1 saturated heterocycles. The van der Waals surface area contributed by atoms with E-state index < -0.39 is 22.0 Å². The second-order valence-corrected chi connectivity index (χ2v) is 10.6. The molecule has 1 fully saturated rings. The third-order valence-corrected chi connectivity index (χ3v) is 7.88. The summed E-state index contributed by atoms with van der Waals surface area (Å²) in [5, 5.41) is 5.65. The summed E-state index contributed by atoms with van der Waals surface area (Å²) in [6.07, 6.45) is 2.37. The number of nitrogens with zero attached hydrogens (tertiary/aromatic N) is 1. The molecule has 2 N–H and O–H groups in total. The monoisotopic (exact) mass is 491 g/mol. The minimum absolute atomic E-state index is 0.0436.